The second-order valence-corrected chi connectivity index (χ2v) is 10.7. The van der Waals surface area contributed by atoms with Crippen LogP contribution in [-0.4, -0.2) is 27.2 Å². The van der Waals surface area contributed by atoms with Gasteiger partial charge in [-0.25, -0.2) is 9.97 Å². The van der Waals surface area contributed by atoms with Crippen molar-refractivity contribution in [3.05, 3.63) is 49.8 Å². The number of thiophene rings is 1. The molecule has 4 heterocycles. The lowest BCUT2D eigenvalue weighted by Gasteiger charge is -2.18. The van der Waals surface area contributed by atoms with E-state index in [0.717, 1.165) is 59.6 Å². The number of ether oxygens (including phenoxy) is 1. The molecule has 1 aliphatic heterocycles. The van der Waals surface area contributed by atoms with Gasteiger partial charge in [-0.3, -0.25) is 9.36 Å². The van der Waals surface area contributed by atoms with E-state index in [9.17, 15) is 4.79 Å². The van der Waals surface area contributed by atoms with Gasteiger partial charge in [-0.2, -0.15) is 0 Å². The fourth-order valence-corrected chi connectivity index (χ4v) is 6.79. The zero-order chi connectivity index (χ0) is 20.7. The van der Waals surface area contributed by atoms with E-state index < -0.39 is 0 Å². The second-order valence-electron chi connectivity index (χ2n) is 8.25. The molecule has 3 aromatic rings. The number of pyridine rings is 1. The minimum absolute atomic E-state index is 0.0907. The Morgan fingerprint density at radius 3 is 3.03 bits per heavy atom. The minimum Gasteiger partial charge on any atom is -0.376 e. The summed E-state index contributed by atoms with van der Waals surface area (Å²) in [5.74, 6) is 1.36. The van der Waals surface area contributed by atoms with Crippen LogP contribution in [0.4, 0.5) is 0 Å². The van der Waals surface area contributed by atoms with Crippen LogP contribution in [0.15, 0.2) is 28.3 Å². The van der Waals surface area contributed by atoms with Crippen LogP contribution in [0, 0.1) is 5.92 Å². The van der Waals surface area contributed by atoms with Crippen molar-refractivity contribution in [2.75, 3.05) is 6.61 Å². The van der Waals surface area contributed by atoms with Gasteiger partial charge >= 0.3 is 0 Å². The quantitative estimate of drug-likeness (QED) is 0.300. The summed E-state index contributed by atoms with van der Waals surface area (Å²) in [5.41, 5.74) is 2.39. The molecule has 3 aromatic heterocycles. The van der Waals surface area contributed by atoms with E-state index in [1.165, 1.54) is 10.4 Å². The van der Waals surface area contributed by atoms with Crippen molar-refractivity contribution >= 4 is 44.9 Å². The zero-order valence-electron chi connectivity index (χ0n) is 16.9. The number of hydrogen-bond acceptors (Lipinski definition) is 6. The van der Waals surface area contributed by atoms with E-state index in [1.54, 1.807) is 35.4 Å². The molecule has 0 saturated carbocycles. The lowest BCUT2D eigenvalue weighted by atomic mass is 9.89. The maximum atomic E-state index is 13.6. The van der Waals surface area contributed by atoms with Crippen LogP contribution in [0.25, 0.3) is 10.2 Å². The van der Waals surface area contributed by atoms with Crippen LogP contribution < -0.4 is 5.56 Å². The first-order valence-corrected chi connectivity index (χ1v) is 12.7. The normalized spacial score (nSPS) is 21.3. The third-order valence-corrected chi connectivity index (χ3v) is 8.37. The fraction of sp³-hybridized carbons (Fsp3) is 0.500. The Bertz CT molecular complexity index is 1120. The Labute approximate surface area is 188 Å². The number of hydrogen-bond donors (Lipinski definition) is 0. The van der Waals surface area contributed by atoms with Gasteiger partial charge in [-0.1, -0.05) is 36.4 Å². The number of aryl methyl sites for hydroxylation is 1. The van der Waals surface area contributed by atoms with E-state index in [0.29, 0.717) is 23.4 Å². The lowest BCUT2D eigenvalue weighted by Crippen LogP contribution is -2.29. The minimum atomic E-state index is 0.0907. The van der Waals surface area contributed by atoms with E-state index in [4.69, 9.17) is 21.3 Å². The Balaban J connectivity index is 1.54. The highest BCUT2D eigenvalue weighted by molar-refractivity contribution is 7.98. The van der Waals surface area contributed by atoms with Crippen molar-refractivity contribution in [2.24, 2.45) is 5.92 Å². The predicted octanol–water partition coefficient (Wildman–Crippen LogP) is 5.10. The SMILES string of the molecule is CC1CCc2c(sc3nc(SCc4ccc(Cl)nc4)n(CC4CCCO4)c(=O)c23)C1. The van der Waals surface area contributed by atoms with Crippen LogP contribution in [0.5, 0.6) is 0 Å². The average molecular weight is 462 g/mol. The summed E-state index contributed by atoms with van der Waals surface area (Å²) in [7, 11) is 0. The van der Waals surface area contributed by atoms with Gasteiger partial charge in [0.1, 0.15) is 9.98 Å². The van der Waals surface area contributed by atoms with Gasteiger partial charge in [0, 0.05) is 23.4 Å². The highest BCUT2D eigenvalue weighted by Crippen LogP contribution is 2.37. The van der Waals surface area contributed by atoms with Crippen LogP contribution >= 0.6 is 34.7 Å². The molecule has 2 atom stereocenters. The second kappa shape index (κ2) is 8.61. The molecule has 0 N–H and O–H groups in total. The molecule has 0 amide bonds. The molecule has 0 bridgehead atoms. The van der Waals surface area contributed by atoms with Crippen LogP contribution in [0.2, 0.25) is 5.15 Å². The number of rotatable bonds is 5. The molecule has 8 heteroatoms. The van der Waals surface area contributed by atoms with Gasteiger partial charge in [0.15, 0.2) is 5.16 Å². The molecule has 5 rings (SSSR count). The molecule has 1 fully saturated rings. The Morgan fingerprint density at radius 2 is 2.27 bits per heavy atom. The third kappa shape index (κ3) is 4.05. The average Bonchev–Trinajstić information content (AvgIpc) is 3.37. The largest absolute Gasteiger partial charge is 0.376 e. The van der Waals surface area contributed by atoms with Crippen molar-refractivity contribution in [1.82, 2.24) is 14.5 Å². The Kier molecular flexibility index (Phi) is 5.88. The van der Waals surface area contributed by atoms with Crippen molar-refractivity contribution in [2.45, 2.75) is 62.6 Å². The first-order valence-electron chi connectivity index (χ1n) is 10.5. The highest BCUT2D eigenvalue weighted by atomic mass is 35.5. The number of aromatic nitrogens is 3. The van der Waals surface area contributed by atoms with Crippen molar-refractivity contribution in [1.29, 1.82) is 0 Å². The van der Waals surface area contributed by atoms with E-state index in [1.807, 2.05) is 10.6 Å². The first kappa shape index (κ1) is 20.5. The summed E-state index contributed by atoms with van der Waals surface area (Å²) in [4.78, 5) is 25.0. The van der Waals surface area contributed by atoms with Crippen molar-refractivity contribution in [3.63, 3.8) is 0 Å². The molecule has 158 valence electrons. The van der Waals surface area contributed by atoms with Gasteiger partial charge in [0.2, 0.25) is 0 Å². The van der Waals surface area contributed by atoms with Crippen LogP contribution in [-0.2, 0) is 29.9 Å². The standard InChI is InChI=1S/C22H24ClN3O2S2/c1-13-4-6-16-17(9-13)30-20-19(16)21(27)26(11-15-3-2-8-28-15)22(25-20)29-12-14-5-7-18(23)24-10-14/h5,7,10,13,15H,2-4,6,8-9,11-12H2,1H3. The van der Waals surface area contributed by atoms with Gasteiger partial charge in [-0.15, -0.1) is 11.3 Å². The molecule has 0 radical (unpaired) electrons. The monoisotopic (exact) mass is 461 g/mol. The van der Waals surface area contributed by atoms with Gasteiger partial charge in [0.05, 0.1) is 18.0 Å². The Hall–Kier alpha value is -1.41. The number of nitrogens with zero attached hydrogens (tertiary/aromatic N) is 3. The lowest BCUT2D eigenvalue weighted by molar-refractivity contribution is 0.0937. The zero-order valence-corrected chi connectivity index (χ0v) is 19.3. The summed E-state index contributed by atoms with van der Waals surface area (Å²) in [6.07, 6.45) is 7.10. The molecule has 0 spiro atoms. The number of fused-ring (bicyclic) bond motifs is 3. The maximum absolute atomic E-state index is 13.6. The maximum Gasteiger partial charge on any atom is 0.263 e. The first-order chi connectivity index (χ1) is 14.6. The topological polar surface area (TPSA) is 57.0 Å². The number of thioether (sulfide) groups is 1. The van der Waals surface area contributed by atoms with E-state index >= 15 is 0 Å². The summed E-state index contributed by atoms with van der Waals surface area (Å²) in [6, 6.07) is 3.76. The summed E-state index contributed by atoms with van der Waals surface area (Å²) < 4.78 is 7.70. The summed E-state index contributed by atoms with van der Waals surface area (Å²) in [6.45, 7) is 3.64. The summed E-state index contributed by atoms with van der Waals surface area (Å²) >= 11 is 9.20. The van der Waals surface area contributed by atoms with E-state index in [2.05, 4.69) is 11.9 Å². The summed E-state index contributed by atoms with van der Waals surface area (Å²) in [5, 5.41) is 2.10. The van der Waals surface area contributed by atoms with E-state index in [-0.39, 0.29) is 11.7 Å². The molecule has 2 aliphatic rings. The van der Waals surface area contributed by atoms with Crippen molar-refractivity contribution in [3.8, 4) is 0 Å². The number of halogens is 1. The molecule has 1 aliphatic carbocycles. The molecule has 30 heavy (non-hydrogen) atoms. The van der Waals surface area contributed by atoms with Crippen LogP contribution in [0.1, 0.15) is 42.2 Å². The molecule has 0 aromatic carbocycles. The van der Waals surface area contributed by atoms with Crippen molar-refractivity contribution < 1.29 is 4.74 Å². The Morgan fingerprint density at radius 1 is 1.37 bits per heavy atom. The molecule has 2 unspecified atom stereocenters. The van der Waals surface area contributed by atoms with Gasteiger partial charge in [0.25, 0.3) is 5.56 Å². The smallest absolute Gasteiger partial charge is 0.263 e. The van der Waals surface area contributed by atoms with Crippen LogP contribution in [0.3, 0.4) is 0 Å². The molecular weight excluding hydrogens is 438 g/mol. The highest BCUT2D eigenvalue weighted by Gasteiger charge is 2.26. The van der Waals surface area contributed by atoms with Gasteiger partial charge < -0.3 is 4.74 Å². The third-order valence-electron chi connectivity index (χ3n) is 5.95. The molecular formula is C22H24ClN3O2S2. The predicted molar refractivity (Wildman–Crippen MR) is 123 cm³/mol. The van der Waals surface area contributed by atoms with Gasteiger partial charge in [-0.05, 0) is 55.2 Å². The molecule has 1 saturated heterocycles. The fourth-order valence-electron chi connectivity index (χ4n) is 4.31. The molecule has 5 nitrogen and oxygen atoms in total.